The first-order chi connectivity index (χ1) is 14.0. The summed E-state index contributed by atoms with van der Waals surface area (Å²) in [5.74, 6) is 0.228. The zero-order chi connectivity index (χ0) is 20.4. The topological polar surface area (TPSA) is 79.3 Å². The Bertz CT molecular complexity index is 880. The predicted molar refractivity (Wildman–Crippen MR) is 110 cm³/mol. The molecule has 1 aromatic heterocycles. The van der Waals surface area contributed by atoms with Crippen molar-refractivity contribution in [2.45, 2.75) is 38.9 Å². The number of nitrogens with zero attached hydrogens (tertiary/aromatic N) is 3. The molecule has 0 radical (unpaired) electrons. The number of fused-ring (bicyclic) bond motifs is 1. The Kier molecular flexibility index (Phi) is 5.41. The summed E-state index contributed by atoms with van der Waals surface area (Å²) in [5, 5.41) is 10.2. The first-order valence-electron chi connectivity index (χ1n) is 10.4. The maximum Gasteiger partial charge on any atom is 0.254 e. The van der Waals surface area contributed by atoms with Gasteiger partial charge in [-0.25, -0.2) is 0 Å². The third-order valence-electron chi connectivity index (χ3n) is 6.43. The van der Waals surface area contributed by atoms with Gasteiger partial charge in [0.1, 0.15) is 0 Å². The Balaban J connectivity index is 1.44. The lowest BCUT2D eigenvalue weighted by Crippen LogP contribution is -2.44. The van der Waals surface area contributed by atoms with Crippen LogP contribution in [0.5, 0.6) is 0 Å². The molecule has 0 unspecified atom stereocenters. The van der Waals surface area contributed by atoms with Gasteiger partial charge in [0, 0.05) is 45.5 Å². The minimum absolute atomic E-state index is 0.00801. The number of aromatic nitrogens is 2. The summed E-state index contributed by atoms with van der Waals surface area (Å²) < 4.78 is 1.74. The highest BCUT2D eigenvalue weighted by molar-refractivity contribution is 5.94. The Morgan fingerprint density at radius 1 is 1.28 bits per heavy atom. The van der Waals surface area contributed by atoms with Gasteiger partial charge in [-0.05, 0) is 31.2 Å². The fourth-order valence-electron chi connectivity index (χ4n) is 5.07. The van der Waals surface area contributed by atoms with Crippen LogP contribution < -0.4 is 10.6 Å². The first kappa shape index (κ1) is 19.6. The minimum atomic E-state index is -0.435. The molecule has 154 valence electrons. The molecule has 1 saturated carbocycles. The smallest absolute Gasteiger partial charge is 0.254 e. The molecule has 2 N–H and O–H groups in total. The molecule has 7 nitrogen and oxygen atoms in total. The van der Waals surface area contributed by atoms with Gasteiger partial charge in [0.05, 0.1) is 17.2 Å². The molecule has 0 bridgehead atoms. The van der Waals surface area contributed by atoms with E-state index in [1.165, 1.54) is 5.56 Å². The van der Waals surface area contributed by atoms with Crippen LogP contribution in [0.15, 0.2) is 42.7 Å². The standard InChI is InChI=1S/C22H29N5O2/c1-3-27-13-17(11-24-27)20(28)25-19-9-18-14-26(12-16-7-5-4-6-8-16)15-22(18,10-19)21(29)23-2/h4-8,11,13,18-19H,3,9-10,12,14-15H2,1-2H3,(H,23,29)(H,25,28)/t18-,19-,22-/m0/s1. The van der Waals surface area contributed by atoms with E-state index in [-0.39, 0.29) is 23.8 Å². The van der Waals surface area contributed by atoms with Gasteiger partial charge in [-0.2, -0.15) is 5.10 Å². The van der Waals surface area contributed by atoms with Crippen molar-refractivity contribution in [3.63, 3.8) is 0 Å². The van der Waals surface area contributed by atoms with Gasteiger partial charge in [0.2, 0.25) is 5.91 Å². The zero-order valence-electron chi connectivity index (χ0n) is 17.1. The molecule has 4 rings (SSSR count). The number of amides is 2. The van der Waals surface area contributed by atoms with E-state index in [1.54, 1.807) is 24.1 Å². The Morgan fingerprint density at radius 2 is 2.07 bits per heavy atom. The van der Waals surface area contributed by atoms with E-state index in [4.69, 9.17) is 0 Å². The van der Waals surface area contributed by atoms with E-state index in [2.05, 4.69) is 32.8 Å². The molecule has 3 atom stereocenters. The molecule has 2 amide bonds. The van der Waals surface area contributed by atoms with E-state index in [0.717, 1.165) is 32.6 Å². The molecule has 2 aromatic rings. The molecule has 29 heavy (non-hydrogen) atoms. The number of likely N-dealkylation sites (tertiary alicyclic amines) is 1. The van der Waals surface area contributed by atoms with E-state index in [0.29, 0.717) is 12.0 Å². The number of carbonyl (C=O) groups is 2. The van der Waals surface area contributed by atoms with Crippen LogP contribution in [0.3, 0.4) is 0 Å². The van der Waals surface area contributed by atoms with Gasteiger partial charge in [-0.1, -0.05) is 30.3 Å². The molecule has 1 aliphatic heterocycles. The maximum atomic E-state index is 12.9. The van der Waals surface area contributed by atoms with Crippen molar-refractivity contribution in [3.05, 3.63) is 53.9 Å². The van der Waals surface area contributed by atoms with Crippen LogP contribution >= 0.6 is 0 Å². The van der Waals surface area contributed by atoms with Crippen molar-refractivity contribution in [2.24, 2.45) is 11.3 Å². The van der Waals surface area contributed by atoms with Crippen molar-refractivity contribution in [1.29, 1.82) is 0 Å². The summed E-state index contributed by atoms with van der Waals surface area (Å²) in [6, 6.07) is 10.4. The number of nitrogens with one attached hydrogen (secondary N) is 2. The lowest BCUT2D eigenvalue weighted by Gasteiger charge is -2.27. The highest BCUT2D eigenvalue weighted by atomic mass is 16.2. The van der Waals surface area contributed by atoms with Crippen molar-refractivity contribution in [3.8, 4) is 0 Å². The summed E-state index contributed by atoms with van der Waals surface area (Å²) in [4.78, 5) is 27.9. The van der Waals surface area contributed by atoms with Crippen LogP contribution in [0.1, 0.15) is 35.7 Å². The summed E-state index contributed by atoms with van der Waals surface area (Å²) >= 11 is 0. The molecule has 2 fully saturated rings. The first-order valence-corrected chi connectivity index (χ1v) is 10.4. The second kappa shape index (κ2) is 7.99. The third-order valence-corrected chi connectivity index (χ3v) is 6.43. The Morgan fingerprint density at radius 3 is 2.76 bits per heavy atom. The number of hydrogen-bond donors (Lipinski definition) is 2. The zero-order valence-corrected chi connectivity index (χ0v) is 17.1. The normalized spacial score (nSPS) is 26.3. The molecule has 1 saturated heterocycles. The largest absolute Gasteiger partial charge is 0.359 e. The molecule has 2 heterocycles. The SMILES string of the molecule is CCn1cc(C(=O)N[C@H]2C[C@H]3CN(Cc4ccccc4)C[C@@]3(C(=O)NC)C2)cn1. The lowest BCUT2D eigenvalue weighted by atomic mass is 9.80. The maximum absolute atomic E-state index is 12.9. The lowest BCUT2D eigenvalue weighted by molar-refractivity contribution is -0.131. The van der Waals surface area contributed by atoms with Crippen LogP contribution in [0.4, 0.5) is 0 Å². The van der Waals surface area contributed by atoms with Gasteiger partial charge >= 0.3 is 0 Å². The second-order valence-electron chi connectivity index (χ2n) is 8.28. The molecular weight excluding hydrogens is 366 g/mol. The van der Waals surface area contributed by atoms with Gasteiger partial charge in [0.15, 0.2) is 0 Å². The monoisotopic (exact) mass is 395 g/mol. The van der Waals surface area contributed by atoms with Crippen LogP contribution in [0, 0.1) is 11.3 Å². The number of aryl methyl sites for hydroxylation is 1. The average molecular weight is 396 g/mol. The highest BCUT2D eigenvalue weighted by Gasteiger charge is 2.57. The average Bonchev–Trinajstić information content (AvgIpc) is 3.41. The van der Waals surface area contributed by atoms with Crippen molar-refractivity contribution in [2.75, 3.05) is 20.1 Å². The van der Waals surface area contributed by atoms with Crippen LogP contribution in [0.2, 0.25) is 0 Å². The van der Waals surface area contributed by atoms with Gasteiger partial charge in [0.25, 0.3) is 5.91 Å². The summed E-state index contributed by atoms with van der Waals surface area (Å²) in [5.41, 5.74) is 1.40. The molecule has 1 aromatic carbocycles. The fourth-order valence-corrected chi connectivity index (χ4v) is 5.07. The van der Waals surface area contributed by atoms with Crippen LogP contribution in [-0.2, 0) is 17.9 Å². The second-order valence-corrected chi connectivity index (χ2v) is 8.28. The van der Waals surface area contributed by atoms with Crippen molar-refractivity contribution in [1.82, 2.24) is 25.3 Å². The van der Waals surface area contributed by atoms with Gasteiger partial charge in [-0.3, -0.25) is 19.2 Å². The molecule has 0 spiro atoms. The molecule has 7 heteroatoms. The summed E-state index contributed by atoms with van der Waals surface area (Å²) in [7, 11) is 1.71. The van der Waals surface area contributed by atoms with Crippen molar-refractivity contribution >= 4 is 11.8 Å². The van der Waals surface area contributed by atoms with E-state index >= 15 is 0 Å². The van der Waals surface area contributed by atoms with Crippen molar-refractivity contribution < 1.29 is 9.59 Å². The van der Waals surface area contributed by atoms with Crippen LogP contribution in [0.25, 0.3) is 0 Å². The van der Waals surface area contributed by atoms with Crippen LogP contribution in [-0.4, -0.2) is 52.7 Å². The van der Waals surface area contributed by atoms with Gasteiger partial charge < -0.3 is 10.6 Å². The Labute approximate surface area is 171 Å². The molecule has 2 aliphatic rings. The minimum Gasteiger partial charge on any atom is -0.359 e. The highest BCUT2D eigenvalue weighted by Crippen LogP contribution is 2.49. The molecule has 1 aliphatic carbocycles. The number of hydrogen-bond acceptors (Lipinski definition) is 4. The summed E-state index contributed by atoms with van der Waals surface area (Å²) in [6.45, 7) is 5.18. The fraction of sp³-hybridized carbons (Fsp3) is 0.500. The predicted octanol–water partition coefficient (Wildman–Crippen LogP) is 1.66. The Hall–Kier alpha value is -2.67. The van der Waals surface area contributed by atoms with Gasteiger partial charge in [-0.15, -0.1) is 0 Å². The number of rotatable bonds is 6. The van der Waals surface area contributed by atoms with E-state index in [9.17, 15) is 9.59 Å². The third kappa shape index (κ3) is 3.79. The molecular formula is C22H29N5O2. The van der Waals surface area contributed by atoms with E-state index < -0.39 is 5.41 Å². The quantitative estimate of drug-likeness (QED) is 0.780. The number of benzene rings is 1. The summed E-state index contributed by atoms with van der Waals surface area (Å²) in [6.07, 6.45) is 4.87. The number of carbonyl (C=O) groups excluding carboxylic acids is 2. The van der Waals surface area contributed by atoms with E-state index in [1.807, 2.05) is 25.1 Å².